The lowest BCUT2D eigenvalue weighted by atomic mass is 10.1. The number of fused-ring (bicyclic) bond motifs is 6. The molecule has 1 aliphatic rings. The second kappa shape index (κ2) is 8.66. The second-order valence-corrected chi connectivity index (χ2v) is 9.41. The quantitative estimate of drug-likeness (QED) is 0.194. The number of quaternary nitrogens is 1. The van der Waals surface area contributed by atoms with E-state index >= 15 is 0 Å². The van der Waals surface area contributed by atoms with Crippen LogP contribution in [0.4, 0.5) is 5.69 Å². The smallest absolute Gasteiger partial charge is 0.265 e. The standard InChI is InChI=1S/C26H25N5O2.HI/c1-31(13-4-5-14-31)15-11-23(32)27-17-8-9-22-20(16-17)26(33)30-12-10-19-18-6-2-3-7-21(18)28-24(19)25(30)29-22;/h2-3,6-10,12,16H,4-5,11,13-15H2,1H3,(H-,27,28,29,32,33);1H. The molecule has 1 fully saturated rings. The van der Waals surface area contributed by atoms with Gasteiger partial charge in [-0.2, -0.15) is 0 Å². The summed E-state index contributed by atoms with van der Waals surface area (Å²) < 4.78 is 2.54. The van der Waals surface area contributed by atoms with E-state index in [4.69, 9.17) is 4.98 Å². The Morgan fingerprint density at radius 2 is 1.88 bits per heavy atom. The van der Waals surface area contributed by atoms with Crippen LogP contribution in [0.5, 0.6) is 0 Å². The van der Waals surface area contributed by atoms with Crippen molar-refractivity contribution in [3.63, 3.8) is 0 Å². The number of anilines is 1. The molecule has 5 aromatic rings. The van der Waals surface area contributed by atoms with Gasteiger partial charge < -0.3 is 38.8 Å². The van der Waals surface area contributed by atoms with Crippen molar-refractivity contribution in [2.24, 2.45) is 0 Å². The van der Waals surface area contributed by atoms with E-state index < -0.39 is 0 Å². The molecule has 6 rings (SSSR count). The van der Waals surface area contributed by atoms with Crippen molar-refractivity contribution in [2.45, 2.75) is 19.3 Å². The van der Waals surface area contributed by atoms with Crippen LogP contribution in [0.3, 0.4) is 0 Å². The Kier molecular flexibility index (Phi) is 5.81. The van der Waals surface area contributed by atoms with E-state index in [0.717, 1.165) is 45.9 Å². The van der Waals surface area contributed by atoms with Crippen molar-refractivity contribution >= 4 is 50.0 Å². The van der Waals surface area contributed by atoms with E-state index in [1.807, 2.05) is 36.4 Å². The monoisotopic (exact) mass is 567 g/mol. The number of pyridine rings is 1. The van der Waals surface area contributed by atoms with Gasteiger partial charge in [-0.05, 0) is 30.3 Å². The number of nitrogens with zero attached hydrogens (tertiary/aromatic N) is 3. The van der Waals surface area contributed by atoms with Crippen LogP contribution in [-0.2, 0) is 4.79 Å². The van der Waals surface area contributed by atoms with Gasteiger partial charge in [-0.3, -0.25) is 14.0 Å². The molecule has 0 unspecified atom stereocenters. The maximum atomic E-state index is 13.3. The molecule has 1 aliphatic heterocycles. The number of aromatic amines is 1. The minimum Gasteiger partial charge on any atom is -1.00 e. The summed E-state index contributed by atoms with van der Waals surface area (Å²) in [4.78, 5) is 34.1. The van der Waals surface area contributed by atoms with Crippen LogP contribution >= 0.6 is 0 Å². The van der Waals surface area contributed by atoms with Gasteiger partial charge in [0.1, 0.15) is 0 Å². The molecule has 34 heavy (non-hydrogen) atoms. The maximum absolute atomic E-state index is 13.3. The molecular weight excluding hydrogens is 541 g/mol. The third-order valence-electron chi connectivity index (χ3n) is 7.07. The summed E-state index contributed by atoms with van der Waals surface area (Å²) in [6.45, 7) is 3.12. The van der Waals surface area contributed by atoms with Gasteiger partial charge in [-0.15, -0.1) is 0 Å². The van der Waals surface area contributed by atoms with E-state index in [1.165, 1.54) is 12.8 Å². The molecular formula is C26H26IN5O2. The SMILES string of the molecule is C[N+]1(CCC(=O)Nc2ccc3nc4c5[nH]c6ccccc6c5ccn4c(=O)c3c2)CCCC1.[I-]. The number of hydrogen-bond donors (Lipinski definition) is 2. The highest BCUT2D eigenvalue weighted by atomic mass is 127. The predicted molar refractivity (Wildman–Crippen MR) is 132 cm³/mol. The molecule has 1 saturated heterocycles. The van der Waals surface area contributed by atoms with Crippen LogP contribution in [-0.4, -0.2) is 51.4 Å². The first-order chi connectivity index (χ1) is 16.0. The third-order valence-corrected chi connectivity index (χ3v) is 7.07. The topological polar surface area (TPSA) is 79.3 Å². The lowest BCUT2D eigenvalue weighted by Gasteiger charge is -2.28. The Bertz CT molecular complexity index is 1610. The number of hydrogen-bond acceptors (Lipinski definition) is 3. The molecule has 1 amide bonds. The van der Waals surface area contributed by atoms with Gasteiger partial charge in [-0.1, -0.05) is 18.2 Å². The van der Waals surface area contributed by atoms with Crippen molar-refractivity contribution in [2.75, 3.05) is 32.0 Å². The fraction of sp³-hybridized carbons (Fsp3) is 0.269. The molecule has 7 nitrogen and oxygen atoms in total. The van der Waals surface area contributed by atoms with Crippen LogP contribution in [0, 0.1) is 0 Å². The third kappa shape index (κ3) is 3.84. The van der Waals surface area contributed by atoms with Gasteiger partial charge in [0.25, 0.3) is 5.56 Å². The fourth-order valence-electron chi connectivity index (χ4n) is 5.17. The molecule has 8 heteroatoms. The molecule has 0 aliphatic carbocycles. The van der Waals surface area contributed by atoms with Gasteiger partial charge in [-0.25, -0.2) is 4.98 Å². The average molecular weight is 567 g/mol. The first-order valence-electron chi connectivity index (χ1n) is 11.5. The van der Waals surface area contributed by atoms with Gasteiger partial charge in [0.05, 0.1) is 49.5 Å². The number of halogens is 1. The highest BCUT2D eigenvalue weighted by Crippen LogP contribution is 2.28. The van der Waals surface area contributed by atoms with Crippen LogP contribution in [0.1, 0.15) is 19.3 Å². The average Bonchev–Trinajstić information content (AvgIpc) is 3.42. The minimum atomic E-state index is -0.151. The molecule has 0 spiro atoms. The van der Waals surface area contributed by atoms with E-state index in [1.54, 1.807) is 16.7 Å². The molecule has 3 aromatic heterocycles. The lowest BCUT2D eigenvalue weighted by molar-refractivity contribution is -0.897. The summed E-state index contributed by atoms with van der Waals surface area (Å²) in [5.41, 5.74) is 3.54. The Morgan fingerprint density at radius 1 is 1.09 bits per heavy atom. The number of rotatable bonds is 4. The van der Waals surface area contributed by atoms with Gasteiger partial charge in [0.2, 0.25) is 5.91 Å². The minimum absolute atomic E-state index is 0. The maximum Gasteiger partial charge on any atom is 0.265 e. The summed E-state index contributed by atoms with van der Waals surface area (Å²) in [5, 5.41) is 5.59. The zero-order valence-corrected chi connectivity index (χ0v) is 21.1. The Balaban J connectivity index is 0.00000241. The number of amides is 1. The molecule has 2 N–H and O–H groups in total. The lowest BCUT2D eigenvalue weighted by Crippen LogP contribution is -3.00. The number of H-pyrrole nitrogens is 1. The zero-order chi connectivity index (χ0) is 22.6. The first-order valence-corrected chi connectivity index (χ1v) is 11.5. The van der Waals surface area contributed by atoms with Crippen LogP contribution < -0.4 is 34.9 Å². The molecule has 2 aromatic carbocycles. The summed E-state index contributed by atoms with van der Waals surface area (Å²) in [5.74, 6) is -0.0192. The van der Waals surface area contributed by atoms with Gasteiger partial charge in [0, 0.05) is 41.0 Å². The van der Waals surface area contributed by atoms with Gasteiger partial charge >= 0.3 is 0 Å². The van der Waals surface area contributed by atoms with E-state index in [2.05, 4.69) is 23.4 Å². The van der Waals surface area contributed by atoms with E-state index in [9.17, 15) is 9.59 Å². The Morgan fingerprint density at radius 3 is 2.71 bits per heavy atom. The molecule has 0 bridgehead atoms. The fourth-order valence-corrected chi connectivity index (χ4v) is 5.17. The Hall–Kier alpha value is -2.98. The number of carbonyl (C=O) groups excluding carboxylic acids is 1. The van der Waals surface area contributed by atoms with Crippen molar-refractivity contribution in [1.29, 1.82) is 0 Å². The van der Waals surface area contributed by atoms with Crippen LogP contribution in [0.25, 0.3) is 38.4 Å². The molecule has 0 atom stereocenters. The molecule has 0 saturated carbocycles. The summed E-state index contributed by atoms with van der Waals surface area (Å²) in [7, 11) is 2.22. The Labute approximate surface area is 213 Å². The second-order valence-electron chi connectivity index (χ2n) is 9.41. The van der Waals surface area contributed by atoms with Crippen molar-refractivity contribution < 1.29 is 33.3 Å². The normalized spacial score (nSPS) is 15.2. The largest absolute Gasteiger partial charge is 1.00 e. The van der Waals surface area contributed by atoms with Crippen LogP contribution in [0.15, 0.2) is 59.5 Å². The summed E-state index contributed by atoms with van der Waals surface area (Å²) in [6, 6.07) is 15.4. The number of aromatic nitrogens is 3. The van der Waals surface area contributed by atoms with Gasteiger partial charge in [0.15, 0.2) is 5.65 Å². The number of carbonyl (C=O) groups is 1. The summed E-state index contributed by atoms with van der Waals surface area (Å²) >= 11 is 0. The number of nitrogens with one attached hydrogen (secondary N) is 2. The highest BCUT2D eigenvalue weighted by molar-refractivity contribution is 6.11. The van der Waals surface area contributed by atoms with E-state index in [0.29, 0.717) is 28.7 Å². The number of benzene rings is 2. The number of para-hydroxylation sites is 1. The van der Waals surface area contributed by atoms with Crippen molar-refractivity contribution in [1.82, 2.24) is 14.4 Å². The predicted octanol–water partition coefficient (Wildman–Crippen LogP) is 1.06. The molecule has 4 heterocycles. The first kappa shape index (κ1) is 22.8. The van der Waals surface area contributed by atoms with Crippen LogP contribution in [0.2, 0.25) is 0 Å². The van der Waals surface area contributed by atoms with Crippen molar-refractivity contribution in [3.05, 3.63) is 65.1 Å². The number of likely N-dealkylation sites (tertiary alicyclic amines) is 1. The zero-order valence-electron chi connectivity index (χ0n) is 19.0. The highest BCUT2D eigenvalue weighted by Gasteiger charge is 2.27. The molecule has 0 radical (unpaired) electrons. The molecule has 174 valence electrons. The van der Waals surface area contributed by atoms with Crippen molar-refractivity contribution in [3.8, 4) is 0 Å². The summed E-state index contributed by atoms with van der Waals surface area (Å²) in [6.07, 6.45) is 4.72. The van der Waals surface area contributed by atoms with E-state index in [-0.39, 0.29) is 35.4 Å².